The molecule has 1 aromatic carbocycles. The lowest BCUT2D eigenvalue weighted by Crippen LogP contribution is -2.42. The van der Waals surface area contributed by atoms with Crippen molar-refractivity contribution in [2.75, 3.05) is 32.8 Å². The SMILES string of the molecule is O=S(=O)(NCCc1ccc(C2CCCCC2)cc1)N1CCCOCC1. The van der Waals surface area contributed by atoms with Crippen molar-refractivity contribution in [2.45, 2.75) is 50.9 Å². The van der Waals surface area contributed by atoms with Crippen LogP contribution < -0.4 is 4.72 Å². The van der Waals surface area contributed by atoms with E-state index in [9.17, 15) is 8.42 Å². The molecule has 0 bridgehead atoms. The van der Waals surface area contributed by atoms with E-state index in [0.29, 0.717) is 45.2 Å². The number of hydrogen-bond acceptors (Lipinski definition) is 3. The molecule has 0 aromatic heterocycles. The molecule has 0 spiro atoms. The fraction of sp³-hybridized carbons (Fsp3) is 0.684. The normalized spacial score (nSPS) is 21.1. The van der Waals surface area contributed by atoms with Gasteiger partial charge < -0.3 is 4.74 Å². The lowest BCUT2D eigenvalue weighted by Gasteiger charge is -2.22. The Morgan fingerprint density at radius 1 is 1.00 bits per heavy atom. The maximum absolute atomic E-state index is 12.3. The Kier molecular flexibility index (Phi) is 6.87. The van der Waals surface area contributed by atoms with Crippen LogP contribution in [0.4, 0.5) is 0 Å². The Morgan fingerprint density at radius 2 is 1.76 bits per heavy atom. The second-order valence-electron chi connectivity index (χ2n) is 7.09. The highest BCUT2D eigenvalue weighted by Gasteiger charge is 2.22. The summed E-state index contributed by atoms with van der Waals surface area (Å²) in [5.41, 5.74) is 2.62. The molecule has 1 saturated heterocycles. The molecule has 2 fully saturated rings. The molecule has 0 unspecified atom stereocenters. The van der Waals surface area contributed by atoms with Crippen molar-refractivity contribution in [2.24, 2.45) is 0 Å². The van der Waals surface area contributed by atoms with Crippen molar-refractivity contribution in [3.05, 3.63) is 35.4 Å². The van der Waals surface area contributed by atoms with Crippen LogP contribution in [0.15, 0.2) is 24.3 Å². The molecular weight excluding hydrogens is 336 g/mol. The zero-order valence-corrected chi connectivity index (χ0v) is 15.8. The van der Waals surface area contributed by atoms with E-state index in [2.05, 4.69) is 29.0 Å². The van der Waals surface area contributed by atoms with Gasteiger partial charge in [0.05, 0.1) is 6.61 Å². The number of ether oxygens (including phenoxy) is 1. The van der Waals surface area contributed by atoms with Crippen LogP contribution in [0, 0.1) is 0 Å². The van der Waals surface area contributed by atoms with Gasteiger partial charge in [0.15, 0.2) is 0 Å². The molecule has 1 aromatic rings. The third-order valence-electron chi connectivity index (χ3n) is 5.28. The van der Waals surface area contributed by atoms with E-state index in [1.54, 1.807) is 0 Å². The summed E-state index contributed by atoms with van der Waals surface area (Å²) < 4.78 is 34.2. The molecule has 2 aliphatic rings. The first-order valence-electron chi connectivity index (χ1n) is 9.56. The Hall–Kier alpha value is -0.950. The molecule has 3 rings (SSSR count). The quantitative estimate of drug-likeness (QED) is 0.842. The van der Waals surface area contributed by atoms with Crippen molar-refractivity contribution in [3.8, 4) is 0 Å². The lowest BCUT2D eigenvalue weighted by atomic mass is 9.84. The molecule has 1 N–H and O–H groups in total. The van der Waals surface area contributed by atoms with Gasteiger partial charge >= 0.3 is 0 Å². The van der Waals surface area contributed by atoms with Crippen LogP contribution in [-0.4, -0.2) is 45.6 Å². The number of hydrogen-bond donors (Lipinski definition) is 1. The van der Waals surface area contributed by atoms with E-state index in [-0.39, 0.29) is 0 Å². The number of nitrogens with zero attached hydrogens (tertiary/aromatic N) is 1. The smallest absolute Gasteiger partial charge is 0.279 e. The first-order chi connectivity index (χ1) is 12.1. The van der Waals surface area contributed by atoms with Gasteiger partial charge in [-0.3, -0.25) is 0 Å². The molecule has 140 valence electrons. The Labute approximate surface area is 151 Å². The topological polar surface area (TPSA) is 58.6 Å². The molecule has 1 aliphatic heterocycles. The zero-order chi connectivity index (χ0) is 17.5. The van der Waals surface area contributed by atoms with E-state index in [0.717, 1.165) is 6.42 Å². The van der Waals surface area contributed by atoms with Gasteiger partial charge in [-0.15, -0.1) is 0 Å². The van der Waals surface area contributed by atoms with Crippen molar-refractivity contribution >= 4 is 10.2 Å². The van der Waals surface area contributed by atoms with Gasteiger partial charge in [0.1, 0.15) is 0 Å². The molecule has 6 heteroatoms. The van der Waals surface area contributed by atoms with Crippen LogP contribution in [0.3, 0.4) is 0 Å². The molecule has 1 heterocycles. The molecule has 5 nitrogen and oxygen atoms in total. The fourth-order valence-electron chi connectivity index (χ4n) is 3.77. The molecule has 1 saturated carbocycles. The molecule has 0 amide bonds. The summed E-state index contributed by atoms with van der Waals surface area (Å²) >= 11 is 0. The zero-order valence-electron chi connectivity index (χ0n) is 15.0. The van der Waals surface area contributed by atoms with Gasteiger partial charge in [0.2, 0.25) is 0 Å². The monoisotopic (exact) mass is 366 g/mol. The Balaban J connectivity index is 1.48. The second kappa shape index (κ2) is 9.12. The van der Waals surface area contributed by atoms with Gasteiger partial charge in [0, 0.05) is 26.2 Å². The highest BCUT2D eigenvalue weighted by Crippen LogP contribution is 2.32. The number of nitrogens with one attached hydrogen (secondary N) is 1. The van der Waals surface area contributed by atoms with E-state index in [4.69, 9.17) is 4.74 Å². The summed E-state index contributed by atoms with van der Waals surface area (Å²) in [4.78, 5) is 0. The minimum Gasteiger partial charge on any atom is -0.380 e. The van der Waals surface area contributed by atoms with Crippen molar-refractivity contribution in [3.63, 3.8) is 0 Å². The molecule has 0 atom stereocenters. The molecular formula is C19H30N2O3S. The van der Waals surface area contributed by atoms with Crippen LogP contribution in [0.2, 0.25) is 0 Å². The van der Waals surface area contributed by atoms with Gasteiger partial charge in [0.25, 0.3) is 10.2 Å². The van der Waals surface area contributed by atoms with E-state index >= 15 is 0 Å². The average molecular weight is 367 g/mol. The third kappa shape index (κ3) is 5.51. The predicted octanol–water partition coefficient (Wildman–Crippen LogP) is 2.83. The van der Waals surface area contributed by atoms with Crippen molar-refractivity contribution in [1.82, 2.24) is 9.03 Å². The first-order valence-corrected chi connectivity index (χ1v) is 11.0. The van der Waals surface area contributed by atoms with E-state index in [1.807, 2.05) is 0 Å². The standard InChI is InChI=1S/C19H30N2O3S/c22-25(23,21-13-4-15-24-16-14-21)20-12-11-17-7-9-19(10-8-17)18-5-2-1-3-6-18/h7-10,18,20H,1-6,11-16H2. The molecule has 1 aliphatic carbocycles. The number of benzene rings is 1. The maximum atomic E-state index is 12.3. The summed E-state index contributed by atoms with van der Waals surface area (Å²) in [6.45, 7) is 2.52. The van der Waals surface area contributed by atoms with Crippen LogP contribution in [-0.2, 0) is 21.4 Å². The Morgan fingerprint density at radius 3 is 2.52 bits per heavy atom. The van der Waals surface area contributed by atoms with Crippen molar-refractivity contribution < 1.29 is 13.2 Å². The van der Waals surface area contributed by atoms with Crippen LogP contribution in [0.5, 0.6) is 0 Å². The summed E-state index contributed by atoms with van der Waals surface area (Å²) in [5.74, 6) is 0.714. The van der Waals surface area contributed by atoms with Crippen LogP contribution in [0.1, 0.15) is 55.6 Å². The van der Waals surface area contributed by atoms with Gasteiger partial charge in [-0.2, -0.15) is 12.7 Å². The molecule has 0 radical (unpaired) electrons. The van der Waals surface area contributed by atoms with Gasteiger partial charge in [-0.25, -0.2) is 4.72 Å². The van der Waals surface area contributed by atoms with Gasteiger partial charge in [-0.05, 0) is 42.7 Å². The highest BCUT2D eigenvalue weighted by atomic mass is 32.2. The fourth-order valence-corrected chi connectivity index (χ4v) is 5.00. The summed E-state index contributed by atoms with van der Waals surface area (Å²) in [6.07, 6.45) is 8.14. The average Bonchev–Trinajstić information content (AvgIpc) is 2.93. The predicted molar refractivity (Wildman–Crippen MR) is 99.9 cm³/mol. The van der Waals surface area contributed by atoms with Crippen molar-refractivity contribution in [1.29, 1.82) is 0 Å². The van der Waals surface area contributed by atoms with Crippen LogP contribution >= 0.6 is 0 Å². The van der Waals surface area contributed by atoms with Gasteiger partial charge in [-0.1, -0.05) is 43.5 Å². The third-order valence-corrected chi connectivity index (χ3v) is 6.89. The lowest BCUT2D eigenvalue weighted by molar-refractivity contribution is 0.148. The summed E-state index contributed by atoms with van der Waals surface area (Å²) in [6, 6.07) is 8.76. The van der Waals surface area contributed by atoms with E-state index < -0.39 is 10.2 Å². The Bertz CT molecular complexity index is 617. The highest BCUT2D eigenvalue weighted by molar-refractivity contribution is 7.87. The maximum Gasteiger partial charge on any atom is 0.279 e. The minimum atomic E-state index is -3.40. The largest absolute Gasteiger partial charge is 0.380 e. The molecule has 25 heavy (non-hydrogen) atoms. The summed E-state index contributed by atoms with van der Waals surface area (Å²) in [7, 11) is -3.40. The summed E-state index contributed by atoms with van der Waals surface area (Å²) in [5, 5.41) is 0. The second-order valence-corrected chi connectivity index (χ2v) is 8.85. The number of rotatable bonds is 6. The van der Waals surface area contributed by atoms with E-state index in [1.165, 1.54) is 47.5 Å². The van der Waals surface area contributed by atoms with Crippen LogP contribution in [0.25, 0.3) is 0 Å². The minimum absolute atomic E-state index is 0.433. The first kappa shape index (κ1) is 18.8.